The summed E-state index contributed by atoms with van der Waals surface area (Å²) in [5.74, 6) is 0.602. The van der Waals surface area contributed by atoms with Gasteiger partial charge in [-0.05, 0) is 0 Å². The van der Waals surface area contributed by atoms with Gasteiger partial charge in [-0.15, -0.1) is 11.3 Å². The Morgan fingerprint density at radius 2 is 2.10 bits per heavy atom. The molecule has 0 radical (unpaired) electrons. The van der Waals surface area contributed by atoms with Crippen LogP contribution in [0.5, 0.6) is 0 Å². The minimum absolute atomic E-state index is 0.307. The zero-order valence-electron chi connectivity index (χ0n) is 12.7. The van der Waals surface area contributed by atoms with Crippen LogP contribution in [0.25, 0.3) is 0 Å². The van der Waals surface area contributed by atoms with Crippen LogP contribution in [0.3, 0.4) is 0 Å². The third kappa shape index (κ3) is 7.25. The number of hydrogen-bond acceptors (Lipinski definition) is 6. The molecule has 0 aliphatic heterocycles. The van der Waals surface area contributed by atoms with E-state index in [1.807, 2.05) is 24.4 Å². The number of rotatable bonds is 7. The summed E-state index contributed by atoms with van der Waals surface area (Å²) >= 11 is 1.58. The Hall–Kier alpha value is -1.39. The van der Waals surface area contributed by atoms with Crippen LogP contribution in [0, 0.1) is 0 Å². The third-order valence-electron chi connectivity index (χ3n) is 2.36. The molecule has 1 aromatic heterocycles. The van der Waals surface area contributed by atoms with E-state index in [1.54, 1.807) is 18.4 Å². The molecule has 1 aromatic rings. The van der Waals surface area contributed by atoms with E-state index < -0.39 is 10.0 Å². The van der Waals surface area contributed by atoms with Gasteiger partial charge >= 0.3 is 0 Å². The normalized spacial score (nSPS) is 12.3. The summed E-state index contributed by atoms with van der Waals surface area (Å²) in [6.45, 7) is 1.32. The van der Waals surface area contributed by atoms with Crippen molar-refractivity contribution in [2.24, 2.45) is 4.99 Å². The fourth-order valence-corrected chi connectivity index (χ4v) is 2.63. The van der Waals surface area contributed by atoms with Gasteiger partial charge in [0, 0.05) is 39.6 Å². The van der Waals surface area contributed by atoms with Crippen LogP contribution in [-0.2, 0) is 16.6 Å². The minimum atomic E-state index is -3.15. The molecule has 21 heavy (non-hydrogen) atoms. The average molecular weight is 334 g/mol. The highest BCUT2D eigenvalue weighted by Gasteiger charge is 2.05. The smallest absolute Gasteiger partial charge is 0.208 e. The summed E-state index contributed by atoms with van der Waals surface area (Å²) in [5.41, 5.74) is 0.931. The molecule has 0 fully saturated rings. The summed E-state index contributed by atoms with van der Waals surface area (Å²) in [4.78, 5) is 10.5. The first-order chi connectivity index (χ1) is 9.81. The monoisotopic (exact) mass is 334 g/mol. The van der Waals surface area contributed by atoms with Crippen molar-refractivity contribution in [1.82, 2.24) is 20.3 Å². The van der Waals surface area contributed by atoms with Gasteiger partial charge in [0.1, 0.15) is 0 Å². The number of nitrogens with one attached hydrogen (secondary N) is 3. The second kappa shape index (κ2) is 8.15. The maximum Gasteiger partial charge on any atom is 0.208 e. The van der Waals surface area contributed by atoms with Crippen LogP contribution in [0.2, 0.25) is 0 Å². The second-order valence-electron chi connectivity index (χ2n) is 4.53. The highest BCUT2D eigenvalue weighted by molar-refractivity contribution is 7.88. The van der Waals surface area contributed by atoms with E-state index in [0.717, 1.165) is 17.1 Å². The highest BCUT2D eigenvalue weighted by atomic mass is 32.2. The van der Waals surface area contributed by atoms with Crippen LogP contribution < -0.4 is 20.3 Å². The minimum Gasteiger partial charge on any atom is -0.355 e. The Kier molecular flexibility index (Phi) is 6.85. The fourth-order valence-electron chi connectivity index (χ4n) is 1.40. The zero-order valence-corrected chi connectivity index (χ0v) is 14.3. The van der Waals surface area contributed by atoms with Crippen molar-refractivity contribution in [3.05, 3.63) is 11.1 Å². The Labute approximate surface area is 129 Å². The van der Waals surface area contributed by atoms with Gasteiger partial charge in [0.25, 0.3) is 0 Å². The zero-order chi connectivity index (χ0) is 15.9. The van der Waals surface area contributed by atoms with Crippen molar-refractivity contribution < 1.29 is 8.42 Å². The quantitative estimate of drug-likeness (QED) is 0.351. The number of thiazole rings is 1. The van der Waals surface area contributed by atoms with Crippen molar-refractivity contribution >= 4 is 32.5 Å². The summed E-state index contributed by atoms with van der Waals surface area (Å²) in [6, 6.07) is 0. The van der Waals surface area contributed by atoms with E-state index in [2.05, 4.69) is 25.3 Å². The lowest BCUT2D eigenvalue weighted by Crippen LogP contribution is -2.41. The number of aliphatic imine (C=N–C) groups is 1. The van der Waals surface area contributed by atoms with Crippen molar-refractivity contribution in [3.63, 3.8) is 0 Å². The molecular weight excluding hydrogens is 312 g/mol. The molecule has 0 spiro atoms. The van der Waals surface area contributed by atoms with E-state index in [9.17, 15) is 8.42 Å². The lowest BCUT2D eigenvalue weighted by atomic mass is 10.5. The van der Waals surface area contributed by atoms with Gasteiger partial charge in [0.15, 0.2) is 11.1 Å². The molecule has 0 aliphatic rings. The first kappa shape index (κ1) is 17.7. The van der Waals surface area contributed by atoms with Crippen molar-refractivity contribution in [3.8, 4) is 0 Å². The molecule has 120 valence electrons. The molecule has 0 amide bonds. The fraction of sp³-hybridized carbons (Fsp3) is 0.636. The van der Waals surface area contributed by atoms with E-state index >= 15 is 0 Å². The van der Waals surface area contributed by atoms with Crippen LogP contribution in [0.15, 0.2) is 10.4 Å². The number of nitrogens with zero attached hydrogens (tertiary/aromatic N) is 3. The van der Waals surface area contributed by atoms with Gasteiger partial charge in [-0.2, -0.15) is 0 Å². The number of aromatic nitrogens is 1. The predicted octanol–water partition coefficient (Wildman–Crippen LogP) is -0.577. The lowest BCUT2D eigenvalue weighted by molar-refractivity contribution is 0.586. The van der Waals surface area contributed by atoms with Gasteiger partial charge in [-0.25, -0.2) is 18.1 Å². The molecule has 8 nitrogen and oxygen atoms in total. The molecule has 0 unspecified atom stereocenters. The largest absolute Gasteiger partial charge is 0.355 e. The van der Waals surface area contributed by atoms with Crippen LogP contribution >= 0.6 is 11.3 Å². The molecule has 0 saturated carbocycles. The van der Waals surface area contributed by atoms with Crippen molar-refractivity contribution in [1.29, 1.82) is 0 Å². The Morgan fingerprint density at radius 3 is 2.62 bits per heavy atom. The van der Waals surface area contributed by atoms with Gasteiger partial charge in [0.2, 0.25) is 10.0 Å². The molecule has 0 aromatic carbocycles. The van der Waals surface area contributed by atoms with E-state index in [1.165, 1.54) is 0 Å². The van der Waals surface area contributed by atoms with E-state index in [-0.39, 0.29) is 0 Å². The number of anilines is 1. The summed E-state index contributed by atoms with van der Waals surface area (Å²) in [5, 5.41) is 9.08. The average Bonchev–Trinajstić information content (AvgIpc) is 2.85. The number of hydrogen-bond donors (Lipinski definition) is 3. The maximum absolute atomic E-state index is 10.9. The molecular formula is C11H22N6O2S2. The second-order valence-corrected chi connectivity index (χ2v) is 7.20. The summed E-state index contributed by atoms with van der Waals surface area (Å²) in [7, 11) is 2.40. The van der Waals surface area contributed by atoms with Crippen LogP contribution in [-0.4, -0.2) is 59.8 Å². The first-order valence-electron chi connectivity index (χ1n) is 6.32. The topological polar surface area (TPSA) is 98.7 Å². The number of guanidine groups is 1. The van der Waals surface area contributed by atoms with Gasteiger partial charge in [-0.3, -0.25) is 4.99 Å². The molecule has 0 aliphatic carbocycles. The molecule has 0 saturated heterocycles. The standard InChI is InChI=1S/C11H22N6O2S2/c1-12-10(13-5-6-15-21(4,18)19)14-7-9-8-20-11(16-9)17(2)3/h8,15H,5-7H2,1-4H3,(H2,12,13,14). The summed E-state index contributed by atoms with van der Waals surface area (Å²) in [6.07, 6.45) is 1.13. The molecule has 10 heteroatoms. The molecule has 1 rings (SSSR count). The van der Waals surface area contributed by atoms with Gasteiger partial charge in [0.05, 0.1) is 18.5 Å². The maximum atomic E-state index is 10.9. The lowest BCUT2D eigenvalue weighted by Gasteiger charge is -2.11. The summed E-state index contributed by atoms with van der Waals surface area (Å²) < 4.78 is 24.2. The molecule has 0 atom stereocenters. The van der Waals surface area contributed by atoms with Crippen LogP contribution in [0.4, 0.5) is 5.13 Å². The van der Waals surface area contributed by atoms with Crippen molar-refractivity contribution in [2.45, 2.75) is 6.54 Å². The van der Waals surface area contributed by atoms with E-state index in [0.29, 0.717) is 25.6 Å². The SMILES string of the molecule is CN=C(NCCNS(C)(=O)=O)NCc1csc(N(C)C)n1. The Balaban J connectivity index is 2.34. The van der Waals surface area contributed by atoms with Crippen molar-refractivity contribution in [2.75, 3.05) is 45.4 Å². The molecule has 3 N–H and O–H groups in total. The first-order valence-corrected chi connectivity index (χ1v) is 9.10. The molecule has 0 bridgehead atoms. The predicted molar refractivity (Wildman–Crippen MR) is 87.5 cm³/mol. The Bertz CT molecular complexity index is 567. The van der Waals surface area contributed by atoms with Crippen LogP contribution in [0.1, 0.15) is 5.69 Å². The molecule has 1 heterocycles. The van der Waals surface area contributed by atoms with Gasteiger partial charge in [-0.1, -0.05) is 0 Å². The third-order valence-corrected chi connectivity index (χ3v) is 4.15. The van der Waals surface area contributed by atoms with Gasteiger partial charge < -0.3 is 15.5 Å². The highest BCUT2D eigenvalue weighted by Crippen LogP contribution is 2.17. The number of sulfonamides is 1. The van der Waals surface area contributed by atoms with E-state index in [4.69, 9.17) is 0 Å². The Morgan fingerprint density at radius 1 is 1.38 bits per heavy atom.